The third kappa shape index (κ3) is 3.64. The Morgan fingerprint density at radius 3 is 3.07 bits per heavy atom. The molecule has 0 N–H and O–H groups in total. The van der Waals surface area contributed by atoms with Gasteiger partial charge in [0.2, 0.25) is 0 Å². The summed E-state index contributed by atoms with van der Waals surface area (Å²) in [5, 5.41) is 3.58. The van der Waals surface area contributed by atoms with E-state index in [2.05, 4.69) is 25.6 Å². The van der Waals surface area contributed by atoms with E-state index in [9.17, 15) is 4.79 Å². The van der Waals surface area contributed by atoms with Gasteiger partial charge < -0.3 is 14.2 Å². The highest BCUT2D eigenvalue weighted by Gasteiger charge is 2.17. The molecule has 1 amide bonds. The number of hydrogen-bond donors (Lipinski definition) is 0. The maximum Gasteiger partial charge on any atom is 0.275 e. The third-order valence-electron chi connectivity index (χ3n) is 1.82. The molecule has 5 nitrogen and oxygen atoms in total. The first-order chi connectivity index (χ1) is 7.15. The average molecular weight is 277 g/mol. The summed E-state index contributed by atoms with van der Waals surface area (Å²) in [4.78, 5) is 13.4. The van der Waals surface area contributed by atoms with Crippen molar-refractivity contribution < 1.29 is 14.1 Å². The number of alkyl halides is 1. The Balaban J connectivity index is 2.47. The molecule has 0 fully saturated rings. The molecule has 1 aromatic rings. The summed E-state index contributed by atoms with van der Waals surface area (Å²) in [7, 11) is 3.33. The van der Waals surface area contributed by atoms with Crippen molar-refractivity contribution in [1.82, 2.24) is 10.1 Å². The molecule has 1 rings (SSSR count). The number of methoxy groups -OCH3 is 1. The number of carbonyl (C=O) groups is 1. The molecule has 84 valence electrons. The molecule has 0 saturated heterocycles. The van der Waals surface area contributed by atoms with Crippen molar-refractivity contribution in [2.75, 3.05) is 27.3 Å². The van der Waals surface area contributed by atoms with Crippen molar-refractivity contribution in [3.63, 3.8) is 0 Å². The number of amides is 1. The summed E-state index contributed by atoms with van der Waals surface area (Å²) in [5.74, 6) is -0.163. The maximum atomic E-state index is 11.7. The number of hydrogen-bond acceptors (Lipinski definition) is 4. The number of carbonyl (C=O) groups excluding carboxylic acids is 1. The summed E-state index contributed by atoms with van der Waals surface area (Å²) in [6.07, 6.45) is 1.38. The minimum Gasteiger partial charge on any atom is -0.383 e. The van der Waals surface area contributed by atoms with E-state index in [1.165, 1.54) is 6.26 Å². The van der Waals surface area contributed by atoms with Crippen LogP contribution in [0.15, 0.2) is 16.9 Å². The Kier molecular flexibility index (Phi) is 4.77. The first-order valence-corrected chi connectivity index (χ1v) is 5.35. The van der Waals surface area contributed by atoms with Crippen molar-refractivity contribution in [1.29, 1.82) is 0 Å². The zero-order valence-corrected chi connectivity index (χ0v) is 10.2. The van der Waals surface area contributed by atoms with Gasteiger partial charge in [-0.1, -0.05) is 21.1 Å². The lowest BCUT2D eigenvalue weighted by Gasteiger charge is -2.18. The van der Waals surface area contributed by atoms with E-state index in [0.29, 0.717) is 18.8 Å². The van der Waals surface area contributed by atoms with E-state index in [1.807, 2.05) is 0 Å². The average Bonchev–Trinajstić information content (AvgIpc) is 2.69. The van der Waals surface area contributed by atoms with Crippen LogP contribution in [0.5, 0.6) is 0 Å². The molecule has 0 aromatic carbocycles. The van der Waals surface area contributed by atoms with Gasteiger partial charge in [-0.05, 0) is 0 Å². The van der Waals surface area contributed by atoms with Crippen LogP contribution in [-0.4, -0.2) is 48.1 Å². The lowest BCUT2D eigenvalue weighted by Crippen LogP contribution is -2.33. The minimum atomic E-state index is -0.163. The second-order valence-corrected chi connectivity index (χ2v) is 4.42. The van der Waals surface area contributed by atoms with Crippen LogP contribution in [0.4, 0.5) is 0 Å². The summed E-state index contributed by atoms with van der Waals surface area (Å²) < 4.78 is 9.56. The molecule has 0 aliphatic heterocycles. The highest BCUT2D eigenvalue weighted by atomic mass is 79.9. The SMILES string of the molecule is COCC(Br)CN(C)C(=O)c1ccon1. The Labute approximate surface area is 96.5 Å². The van der Waals surface area contributed by atoms with Gasteiger partial charge in [0.1, 0.15) is 6.26 Å². The van der Waals surface area contributed by atoms with E-state index >= 15 is 0 Å². The first-order valence-electron chi connectivity index (χ1n) is 4.44. The second kappa shape index (κ2) is 5.87. The van der Waals surface area contributed by atoms with Crippen molar-refractivity contribution in [3.05, 3.63) is 18.0 Å². The van der Waals surface area contributed by atoms with E-state index in [0.717, 1.165) is 0 Å². The van der Waals surface area contributed by atoms with Crippen LogP contribution in [0, 0.1) is 0 Å². The highest BCUT2D eigenvalue weighted by molar-refractivity contribution is 9.09. The van der Waals surface area contributed by atoms with Crippen LogP contribution in [-0.2, 0) is 4.74 Å². The van der Waals surface area contributed by atoms with Crippen molar-refractivity contribution >= 4 is 21.8 Å². The molecule has 6 heteroatoms. The predicted octanol–water partition coefficient (Wildman–Crippen LogP) is 1.16. The highest BCUT2D eigenvalue weighted by Crippen LogP contribution is 2.05. The molecule has 0 aliphatic carbocycles. The molecule has 1 heterocycles. The minimum absolute atomic E-state index is 0.114. The molecular formula is C9H13BrN2O3. The van der Waals surface area contributed by atoms with Crippen molar-refractivity contribution in [3.8, 4) is 0 Å². The van der Waals surface area contributed by atoms with E-state index < -0.39 is 0 Å². The first kappa shape index (κ1) is 12.2. The van der Waals surface area contributed by atoms with E-state index in [1.54, 1.807) is 25.1 Å². The summed E-state index contributed by atoms with van der Waals surface area (Å²) >= 11 is 3.41. The lowest BCUT2D eigenvalue weighted by molar-refractivity contribution is 0.0774. The smallest absolute Gasteiger partial charge is 0.275 e. The van der Waals surface area contributed by atoms with Gasteiger partial charge >= 0.3 is 0 Å². The summed E-state index contributed by atoms with van der Waals surface area (Å²) in [6.45, 7) is 1.11. The van der Waals surface area contributed by atoms with Gasteiger partial charge in [0.25, 0.3) is 5.91 Å². The van der Waals surface area contributed by atoms with Crippen LogP contribution in [0.2, 0.25) is 0 Å². The quantitative estimate of drug-likeness (QED) is 0.758. The van der Waals surface area contributed by atoms with Gasteiger partial charge in [0.05, 0.1) is 11.4 Å². The van der Waals surface area contributed by atoms with Gasteiger partial charge in [0, 0.05) is 26.8 Å². The fourth-order valence-electron chi connectivity index (χ4n) is 1.13. The lowest BCUT2D eigenvalue weighted by atomic mass is 10.3. The number of ether oxygens (including phenoxy) is 1. The number of halogens is 1. The zero-order valence-electron chi connectivity index (χ0n) is 8.64. The van der Waals surface area contributed by atoms with Gasteiger partial charge in [-0.15, -0.1) is 0 Å². The molecule has 0 radical (unpaired) electrons. The molecule has 15 heavy (non-hydrogen) atoms. The largest absolute Gasteiger partial charge is 0.383 e. The molecule has 0 aliphatic rings. The Hall–Kier alpha value is -0.880. The van der Waals surface area contributed by atoms with E-state index in [-0.39, 0.29) is 10.7 Å². The van der Waals surface area contributed by atoms with Gasteiger partial charge in [-0.25, -0.2) is 0 Å². The Morgan fingerprint density at radius 2 is 2.53 bits per heavy atom. The fraction of sp³-hybridized carbons (Fsp3) is 0.556. The number of rotatable bonds is 5. The van der Waals surface area contributed by atoms with Crippen molar-refractivity contribution in [2.45, 2.75) is 4.83 Å². The van der Waals surface area contributed by atoms with Crippen molar-refractivity contribution in [2.24, 2.45) is 0 Å². The molecule has 0 saturated carbocycles. The van der Waals surface area contributed by atoms with Crippen LogP contribution >= 0.6 is 15.9 Å². The molecule has 0 bridgehead atoms. The second-order valence-electron chi connectivity index (χ2n) is 3.12. The van der Waals surface area contributed by atoms with Crippen LogP contribution in [0.25, 0.3) is 0 Å². The third-order valence-corrected chi connectivity index (χ3v) is 2.38. The Morgan fingerprint density at radius 1 is 1.80 bits per heavy atom. The predicted molar refractivity (Wildman–Crippen MR) is 58.1 cm³/mol. The molecule has 1 unspecified atom stereocenters. The summed E-state index contributed by atoms with van der Waals surface area (Å²) in [5.41, 5.74) is 0.314. The normalized spacial score (nSPS) is 12.5. The Bertz CT molecular complexity index is 302. The molecule has 0 spiro atoms. The number of nitrogens with zero attached hydrogens (tertiary/aromatic N) is 2. The number of aromatic nitrogens is 1. The van der Waals surface area contributed by atoms with Crippen LogP contribution in [0.3, 0.4) is 0 Å². The topological polar surface area (TPSA) is 55.6 Å². The van der Waals surface area contributed by atoms with E-state index in [4.69, 9.17) is 4.74 Å². The molecule has 1 atom stereocenters. The maximum absolute atomic E-state index is 11.7. The molecular weight excluding hydrogens is 264 g/mol. The van der Waals surface area contributed by atoms with Crippen LogP contribution < -0.4 is 0 Å². The van der Waals surface area contributed by atoms with Gasteiger partial charge in [-0.2, -0.15) is 0 Å². The van der Waals surface area contributed by atoms with Gasteiger partial charge in [-0.3, -0.25) is 4.79 Å². The summed E-state index contributed by atoms with van der Waals surface area (Å²) in [6, 6.07) is 1.54. The fourth-order valence-corrected chi connectivity index (χ4v) is 1.83. The molecule has 1 aromatic heterocycles. The zero-order chi connectivity index (χ0) is 11.3. The van der Waals surface area contributed by atoms with Crippen LogP contribution in [0.1, 0.15) is 10.5 Å². The monoisotopic (exact) mass is 276 g/mol. The van der Waals surface area contributed by atoms with Gasteiger partial charge in [0.15, 0.2) is 5.69 Å². The standard InChI is InChI=1S/C9H13BrN2O3/c1-12(5-7(10)6-14-2)9(13)8-3-4-15-11-8/h3-4,7H,5-6H2,1-2H3.